The number of nitrogens with zero attached hydrogens (tertiary/aromatic N) is 1. The highest BCUT2D eigenvalue weighted by Crippen LogP contribution is 2.33. The third-order valence-electron chi connectivity index (χ3n) is 4.48. The molecule has 4 amide bonds. The topological polar surface area (TPSA) is 78.5 Å². The molecule has 1 aliphatic rings. The van der Waals surface area contributed by atoms with Crippen molar-refractivity contribution in [2.75, 3.05) is 11.9 Å². The van der Waals surface area contributed by atoms with Gasteiger partial charge in [-0.05, 0) is 30.2 Å². The zero-order valence-electron chi connectivity index (χ0n) is 14.9. The van der Waals surface area contributed by atoms with Crippen LogP contribution < -0.4 is 10.6 Å². The van der Waals surface area contributed by atoms with Gasteiger partial charge in [0.2, 0.25) is 5.91 Å². The highest BCUT2D eigenvalue weighted by molar-refractivity contribution is 6.10. The summed E-state index contributed by atoms with van der Waals surface area (Å²) in [5.74, 6) is -1.53. The van der Waals surface area contributed by atoms with Crippen molar-refractivity contribution in [3.8, 4) is 0 Å². The molecule has 0 aliphatic carbocycles. The SMILES string of the molecule is CCC[C@]1(c2ccccc2)NC(=O)N(CC(=O)Nc2cccc(F)c2)C1=O. The second-order valence-electron chi connectivity index (χ2n) is 6.40. The van der Waals surface area contributed by atoms with E-state index in [1.54, 1.807) is 24.3 Å². The lowest BCUT2D eigenvalue weighted by atomic mass is 9.85. The van der Waals surface area contributed by atoms with Crippen LogP contribution in [0.15, 0.2) is 54.6 Å². The molecule has 0 bridgehead atoms. The van der Waals surface area contributed by atoms with Crippen LogP contribution in [-0.2, 0) is 15.1 Å². The van der Waals surface area contributed by atoms with Gasteiger partial charge >= 0.3 is 6.03 Å². The van der Waals surface area contributed by atoms with Crippen molar-refractivity contribution in [2.24, 2.45) is 0 Å². The third-order valence-corrected chi connectivity index (χ3v) is 4.48. The first-order chi connectivity index (χ1) is 13.0. The molecule has 0 unspecified atom stereocenters. The van der Waals surface area contributed by atoms with E-state index < -0.39 is 35.7 Å². The van der Waals surface area contributed by atoms with Gasteiger partial charge in [-0.2, -0.15) is 0 Å². The number of rotatable bonds is 6. The van der Waals surface area contributed by atoms with E-state index in [0.29, 0.717) is 18.4 Å². The van der Waals surface area contributed by atoms with Crippen molar-refractivity contribution in [2.45, 2.75) is 25.3 Å². The summed E-state index contributed by atoms with van der Waals surface area (Å²) >= 11 is 0. The zero-order valence-corrected chi connectivity index (χ0v) is 14.9. The van der Waals surface area contributed by atoms with Gasteiger partial charge in [-0.15, -0.1) is 0 Å². The molecule has 3 rings (SSSR count). The predicted molar refractivity (Wildman–Crippen MR) is 98.3 cm³/mol. The Kier molecular flexibility index (Phi) is 5.21. The Hall–Kier alpha value is -3.22. The van der Waals surface area contributed by atoms with Crippen molar-refractivity contribution >= 4 is 23.5 Å². The maximum absolute atomic E-state index is 13.2. The largest absolute Gasteiger partial charge is 0.325 e. The molecule has 6 nitrogen and oxygen atoms in total. The van der Waals surface area contributed by atoms with Crippen LogP contribution >= 0.6 is 0 Å². The zero-order chi connectivity index (χ0) is 19.4. The first-order valence-electron chi connectivity index (χ1n) is 8.71. The monoisotopic (exact) mass is 369 g/mol. The standard InChI is InChI=1S/C20H20FN3O3/c1-2-11-20(14-7-4-3-5-8-14)18(26)24(19(27)23-20)13-17(25)22-16-10-6-9-15(21)12-16/h3-10,12H,2,11,13H2,1H3,(H,22,25)(H,23,27)/t20-/m1/s1. The molecule has 2 aromatic carbocycles. The number of carbonyl (C=O) groups excluding carboxylic acids is 3. The van der Waals surface area contributed by atoms with Crippen LogP contribution in [0.5, 0.6) is 0 Å². The van der Waals surface area contributed by atoms with Crippen molar-refractivity contribution < 1.29 is 18.8 Å². The van der Waals surface area contributed by atoms with Gasteiger partial charge < -0.3 is 10.6 Å². The highest BCUT2D eigenvalue weighted by Gasteiger charge is 2.52. The molecule has 2 N–H and O–H groups in total. The molecule has 0 aromatic heterocycles. The first-order valence-corrected chi connectivity index (χ1v) is 8.71. The van der Waals surface area contributed by atoms with E-state index in [0.717, 1.165) is 11.0 Å². The molecule has 7 heteroatoms. The smallest absolute Gasteiger partial charge is 0.324 e. The Morgan fingerprint density at radius 2 is 1.89 bits per heavy atom. The lowest BCUT2D eigenvalue weighted by Gasteiger charge is -2.26. The number of hydrogen-bond donors (Lipinski definition) is 2. The fourth-order valence-electron chi connectivity index (χ4n) is 3.29. The quantitative estimate of drug-likeness (QED) is 0.769. The molecule has 1 atom stereocenters. The summed E-state index contributed by atoms with van der Waals surface area (Å²) in [4.78, 5) is 38.7. The van der Waals surface area contributed by atoms with Gasteiger partial charge in [-0.1, -0.05) is 49.7 Å². The van der Waals surface area contributed by atoms with Gasteiger partial charge in [0.05, 0.1) is 0 Å². The first kappa shape index (κ1) is 18.6. The number of carbonyl (C=O) groups is 3. The van der Waals surface area contributed by atoms with Crippen LogP contribution in [0.25, 0.3) is 0 Å². The van der Waals surface area contributed by atoms with Crippen molar-refractivity contribution in [3.63, 3.8) is 0 Å². The maximum Gasteiger partial charge on any atom is 0.325 e. The molecule has 1 saturated heterocycles. The van der Waals surface area contributed by atoms with E-state index in [9.17, 15) is 18.8 Å². The molecule has 140 valence electrons. The molecular weight excluding hydrogens is 349 g/mol. The van der Waals surface area contributed by atoms with Gasteiger partial charge in [0.25, 0.3) is 5.91 Å². The van der Waals surface area contributed by atoms with Crippen LogP contribution in [0.1, 0.15) is 25.3 Å². The summed E-state index contributed by atoms with van der Waals surface area (Å²) in [7, 11) is 0. The van der Waals surface area contributed by atoms with Crippen molar-refractivity contribution in [3.05, 3.63) is 66.0 Å². The number of amides is 4. The fourth-order valence-corrected chi connectivity index (χ4v) is 3.29. The van der Waals surface area contributed by atoms with Gasteiger partial charge in [0.1, 0.15) is 17.9 Å². The van der Waals surface area contributed by atoms with Gasteiger partial charge in [-0.3, -0.25) is 14.5 Å². The van der Waals surface area contributed by atoms with Crippen LogP contribution in [0.2, 0.25) is 0 Å². The minimum absolute atomic E-state index is 0.259. The number of halogens is 1. The van der Waals surface area contributed by atoms with Crippen LogP contribution in [0, 0.1) is 5.82 Å². The molecule has 27 heavy (non-hydrogen) atoms. The number of urea groups is 1. The lowest BCUT2D eigenvalue weighted by molar-refractivity contribution is -0.134. The maximum atomic E-state index is 13.2. The third kappa shape index (κ3) is 3.67. The van der Waals surface area contributed by atoms with Gasteiger partial charge in [0.15, 0.2) is 0 Å². The lowest BCUT2D eigenvalue weighted by Crippen LogP contribution is -2.44. The van der Waals surface area contributed by atoms with E-state index in [1.807, 2.05) is 13.0 Å². The summed E-state index contributed by atoms with van der Waals surface area (Å²) in [6.45, 7) is 1.48. The Morgan fingerprint density at radius 3 is 2.56 bits per heavy atom. The Bertz CT molecular complexity index is 872. The summed E-state index contributed by atoms with van der Waals surface area (Å²) in [5, 5.41) is 5.26. The summed E-state index contributed by atoms with van der Waals surface area (Å²) in [6, 6.07) is 13.8. The van der Waals surface area contributed by atoms with E-state index in [2.05, 4.69) is 10.6 Å². The van der Waals surface area contributed by atoms with Crippen LogP contribution in [0.3, 0.4) is 0 Å². The predicted octanol–water partition coefficient (Wildman–Crippen LogP) is 3.01. The number of imide groups is 1. The number of anilines is 1. The Labute approximate surface area is 156 Å². The molecule has 1 aliphatic heterocycles. The van der Waals surface area contributed by atoms with E-state index in [4.69, 9.17) is 0 Å². The van der Waals surface area contributed by atoms with Crippen LogP contribution in [0.4, 0.5) is 14.9 Å². The van der Waals surface area contributed by atoms with E-state index in [1.165, 1.54) is 18.2 Å². The summed E-state index contributed by atoms with van der Waals surface area (Å²) < 4.78 is 13.2. The highest BCUT2D eigenvalue weighted by atomic mass is 19.1. The molecular formula is C20H20FN3O3. The molecule has 1 heterocycles. The van der Waals surface area contributed by atoms with E-state index in [-0.39, 0.29) is 5.69 Å². The second kappa shape index (κ2) is 7.57. The molecule has 1 fully saturated rings. The average Bonchev–Trinajstić information content (AvgIpc) is 2.88. The summed E-state index contributed by atoms with van der Waals surface area (Å²) in [5.41, 5.74) is -0.236. The van der Waals surface area contributed by atoms with Crippen molar-refractivity contribution in [1.82, 2.24) is 10.2 Å². The minimum atomic E-state index is -1.17. The number of nitrogens with one attached hydrogen (secondary N) is 2. The van der Waals surface area contributed by atoms with Gasteiger partial charge in [-0.25, -0.2) is 9.18 Å². The van der Waals surface area contributed by atoms with Gasteiger partial charge in [0, 0.05) is 5.69 Å². The number of hydrogen-bond acceptors (Lipinski definition) is 3. The number of benzene rings is 2. The van der Waals surface area contributed by atoms with E-state index >= 15 is 0 Å². The van der Waals surface area contributed by atoms with Crippen LogP contribution in [-0.4, -0.2) is 29.3 Å². The molecule has 2 aromatic rings. The minimum Gasteiger partial charge on any atom is -0.324 e. The molecule has 0 spiro atoms. The average molecular weight is 369 g/mol. The van der Waals surface area contributed by atoms with Crippen molar-refractivity contribution in [1.29, 1.82) is 0 Å². The normalized spacial score (nSPS) is 19.1. The second-order valence-corrected chi connectivity index (χ2v) is 6.40. The molecule has 0 saturated carbocycles. The summed E-state index contributed by atoms with van der Waals surface area (Å²) in [6.07, 6.45) is 1.09. The Morgan fingerprint density at radius 1 is 1.15 bits per heavy atom. The fraction of sp³-hybridized carbons (Fsp3) is 0.250. The Balaban J connectivity index is 1.79. The molecule has 0 radical (unpaired) electrons.